The highest BCUT2D eigenvalue weighted by atomic mass is 19.1. The van der Waals surface area contributed by atoms with Crippen molar-refractivity contribution in [1.82, 2.24) is 14.5 Å². The van der Waals surface area contributed by atoms with Gasteiger partial charge in [0.1, 0.15) is 24.1 Å². The van der Waals surface area contributed by atoms with Crippen LogP contribution in [0.4, 0.5) is 8.78 Å². The highest BCUT2D eigenvalue weighted by molar-refractivity contribution is 5.92. The van der Waals surface area contributed by atoms with E-state index < -0.39 is 23.0 Å². The fraction of sp³-hybridized carbons (Fsp3) is 0.206. The van der Waals surface area contributed by atoms with Crippen LogP contribution in [-0.2, 0) is 19.6 Å². The van der Waals surface area contributed by atoms with Gasteiger partial charge in [0.05, 0.1) is 40.0 Å². The number of aromatic nitrogens is 3. The molecule has 0 aliphatic carbocycles. The van der Waals surface area contributed by atoms with Crippen molar-refractivity contribution in [3.05, 3.63) is 113 Å². The van der Waals surface area contributed by atoms with E-state index >= 15 is 4.39 Å². The summed E-state index contributed by atoms with van der Waals surface area (Å²) in [6, 6.07) is 22.7. The van der Waals surface area contributed by atoms with Crippen LogP contribution in [0.3, 0.4) is 0 Å². The summed E-state index contributed by atoms with van der Waals surface area (Å²) in [5, 5.41) is 27.7. The topological polar surface area (TPSA) is 125 Å². The molecular formula is C34H27F2N5O3. The molecule has 0 aliphatic rings. The minimum Gasteiger partial charge on any atom is -0.478 e. The number of pyridine rings is 1. The molecule has 0 atom stereocenters. The number of halogens is 2. The maximum atomic E-state index is 15.5. The minimum absolute atomic E-state index is 0.0958. The molecular weight excluding hydrogens is 564 g/mol. The standard InChI is InChI=1S/C34H27F2N5O3/c1-34(2,12-13-37)20-41-30-16-24(33(42)43)10-11-29(30)39-31(41)17-22-8-9-23(15-27(22)36)28-4-3-5-32(40-28)44-19-25-7-6-21(18-38)14-26(25)35/h3-11,14-16H,12,17,19-20H2,1-2H3,(H,42,43). The Morgan fingerprint density at radius 1 is 0.977 bits per heavy atom. The van der Waals surface area contributed by atoms with E-state index in [0.29, 0.717) is 40.2 Å². The van der Waals surface area contributed by atoms with Crippen LogP contribution in [0.2, 0.25) is 0 Å². The summed E-state index contributed by atoms with van der Waals surface area (Å²) in [4.78, 5) is 20.8. The van der Waals surface area contributed by atoms with E-state index in [1.807, 2.05) is 24.5 Å². The first-order chi connectivity index (χ1) is 21.1. The number of carbonyl (C=O) groups is 1. The summed E-state index contributed by atoms with van der Waals surface area (Å²) in [5.74, 6) is -1.32. The fourth-order valence-corrected chi connectivity index (χ4v) is 4.88. The van der Waals surface area contributed by atoms with Crippen LogP contribution in [-0.4, -0.2) is 25.6 Å². The zero-order valence-corrected chi connectivity index (χ0v) is 24.0. The molecule has 44 heavy (non-hydrogen) atoms. The van der Waals surface area contributed by atoms with E-state index in [2.05, 4.69) is 11.1 Å². The lowest BCUT2D eigenvalue weighted by atomic mass is 9.89. The van der Waals surface area contributed by atoms with Gasteiger partial charge in [0.2, 0.25) is 5.88 Å². The maximum absolute atomic E-state index is 15.5. The number of fused-ring (bicyclic) bond motifs is 1. The predicted molar refractivity (Wildman–Crippen MR) is 159 cm³/mol. The van der Waals surface area contributed by atoms with E-state index in [1.54, 1.807) is 42.5 Å². The number of imidazole rings is 1. The third-order valence-corrected chi connectivity index (χ3v) is 7.20. The van der Waals surface area contributed by atoms with Gasteiger partial charge in [-0.05, 0) is 53.4 Å². The van der Waals surface area contributed by atoms with E-state index in [9.17, 15) is 19.6 Å². The molecule has 0 spiro atoms. The zero-order chi connectivity index (χ0) is 31.4. The van der Waals surface area contributed by atoms with Gasteiger partial charge in [0, 0.05) is 36.6 Å². The molecule has 2 aromatic heterocycles. The van der Waals surface area contributed by atoms with Crippen molar-refractivity contribution >= 4 is 17.0 Å². The van der Waals surface area contributed by atoms with E-state index in [-0.39, 0.29) is 42.0 Å². The van der Waals surface area contributed by atoms with Gasteiger partial charge in [-0.15, -0.1) is 0 Å². The smallest absolute Gasteiger partial charge is 0.335 e. The van der Waals surface area contributed by atoms with E-state index in [0.717, 1.165) is 6.07 Å². The summed E-state index contributed by atoms with van der Waals surface area (Å²) in [6.45, 7) is 4.17. The fourth-order valence-electron chi connectivity index (χ4n) is 4.88. The second-order valence-corrected chi connectivity index (χ2v) is 11.2. The van der Waals surface area contributed by atoms with Crippen LogP contribution < -0.4 is 4.74 Å². The van der Waals surface area contributed by atoms with E-state index in [4.69, 9.17) is 15.0 Å². The number of rotatable bonds is 10. The van der Waals surface area contributed by atoms with Crippen molar-refractivity contribution in [3.8, 4) is 29.3 Å². The van der Waals surface area contributed by atoms with Crippen LogP contribution in [0, 0.1) is 39.7 Å². The zero-order valence-electron chi connectivity index (χ0n) is 24.0. The summed E-state index contributed by atoms with van der Waals surface area (Å²) in [7, 11) is 0. The molecule has 10 heteroatoms. The minimum atomic E-state index is -1.07. The number of nitriles is 2. The molecule has 0 fully saturated rings. The van der Waals surface area contributed by atoms with Gasteiger partial charge in [-0.3, -0.25) is 0 Å². The van der Waals surface area contributed by atoms with Gasteiger partial charge in [0.25, 0.3) is 0 Å². The molecule has 220 valence electrons. The molecule has 5 rings (SSSR count). The molecule has 3 aromatic carbocycles. The summed E-state index contributed by atoms with van der Waals surface area (Å²) in [6.07, 6.45) is 0.407. The van der Waals surface area contributed by atoms with Crippen LogP contribution in [0.15, 0.2) is 72.8 Å². The normalized spacial score (nSPS) is 11.2. The first-order valence-corrected chi connectivity index (χ1v) is 13.7. The Hall–Kier alpha value is -5.61. The lowest BCUT2D eigenvalue weighted by Gasteiger charge is -2.23. The van der Waals surface area contributed by atoms with Crippen molar-refractivity contribution in [2.24, 2.45) is 5.41 Å². The average Bonchev–Trinajstić information content (AvgIpc) is 3.32. The Bertz CT molecular complexity index is 1970. The highest BCUT2D eigenvalue weighted by Crippen LogP contribution is 2.30. The third-order valence-electron chi connectivity index (χ3n) is 7.20. The molecule has 0 unspecified atom stereocenters. The Labute approximate surface area is 252 Å². The van der Waals surface area contributed by atoms with Gasteiger partial charge in [-0.25, -0.2) is 23.5 Å². The number of hydrogen-bond acceptors (Lipinski definition) is 6. The van der Waals surface area contributed by atoms with Crippen molar-refractivity contribution < 1.29 is 23.4 Å². The van der Waals surface area contributed by atoms with Crippen LogP contribution in [0.5, 0.6) is 5.88 Å². The Morgan fingerprint density at radius 3 is 2.45 bits per heavy atom. The first kappa shape index (κ1) is 29.9. The monoisotopic (exact) mass is 591 g/mol. The Morgan fingerprint density at radius 2 is 1.75 bits per heavy atom. The summed E-state index contributed by atoms with van der Waals surface area (Å²) >= 11 is 0. The molecule has 5 aromatic rings. The van der Waals surface area contributed by atoms with Gasteiger partial charge < -0.3 is 14.4 Å². The predicted octanol–water partition coefficient (Wildman–Crippen LogP) is 7.06. The number of carboxylic acid groups (broad SMARTS) is 1. The van der Waals surface area contributed by atoms with Gasteiger partial charge in [-0.2, -0.15) is 10.5 Å². The van der Waals surface area contributed by atoms with Crippen molar-refractivity contribution in [1.29, 1.82) is 10.5 Å². The third kappa shape index (κ3) is 6.55. The second kappa shape index (κ2) is 12.3. The molecule has 8 nitrogen and oxygen atoms in total. The molecule has 0 bridgehead atoms. The molecule has 0 radical (unpaired) electrons. The number of nitrogens with zero attached hydrogens (tertiary/aromatic N) is 5. The van der Waals surface area contributed by atoms with Gasteiger partial charge in [-0.1, -0.05) is 38.1 Å². The lowest BCUT2D eigenvalue weighted by Crippen LogP contribution is -2.21. The largest absolute Gasteiger partial charge is 0.478 e. The number of carboxylic acids is 1. The SMILES string of the molecule is CC(C)(CC#N)Cn1c(Cc2ccc(-c3cccc(OCc4ccc(C#N)cc4F)n3)cc2F)nc2ccc(C(=O)O)cc21. The molecule has 0 amide bonds. The van der Waals surface area contributed by atoms with Crippen molar-refractivity contribution in [3.63, 3.8) is 0 Å². The summed E-state index contributed by atoms with van der Waals surface area (Å²) < 4.78 is 37.3. The Balaban J connectivity index is 1.40. The number of ether oxygens (including phenoxy) is 1. The number of aromatic carboxylic acids is 1. The molecule has 0 aliphatic heterocycles. The molecule has 0 saturated carbocycles. The highest BCUT2D eigenvalue weighted by Gasteiger charge is 2.23. The average molecular weight is 592 g/mol. The Kier molecular flexibility index (Phi) is 8.36. The summed E-state index contributed by atoms with van der Waals surface area (Å²) in [5.41, 5.74) is 2.68. The molecule has 0 saturated heterocycles. The van der Waals surface area contributed by atoms with Crippen molar-refractivity contribution in [2.75, 3.05) is 0 Å². The van der Waals surface area contributed by atoms with Crippen LogP contribution in [0.25, 0.3) is 22.3 Å². The van der Waals surface area contributed by atoms with Gasteiger partial charge in [0.15, 0.2) is 0 Å². The van der Waals surface area contributed by atoms with Crippen LogP contribution >= 0.6 is 0 Å². The second-order valence-electron chi connectivity index (χ2n) is 11.2. The first-order valence-electron chi connectivity index (χ1n) is 13.7. The van der Waals surface area contributed by atoms with Crippen molar-refractivity contribution in [2.45, 2.75) is 39.8 Å². The van der Waals surface area contributed by atoms with Crippen LogP contribution in [0.1, 0.15) is 53.1 Å². The maximum Gasteiger partial charge on any atom is 0.335 e. The molecule has 2 heterocycles. The number of hydrogen-bond donors (Lipinski definition) is 1. The van der Waals surface area contributed by atoms with Gasteiger partial charge >= 0.3 is 5.97 Å². The molecule has 1 N–H and O–H groups in total. The lowest BCUT2D eigenvalue weighted by molar-refractivity contribution is 0.0697. The number of benzene rings is 3. The quantitative estimate of drug-likeness (QED) is 0.184. The van der Waals surface area contributed by atoms with E-state index in [1.165, 1.54) is 24.3 Å².